The highest BCUT2D eigenvalue weighted by molar-refractivity contribution is 9.10. The van der Waals surface area contributed by atoms with Gasteiger partial charge in [0.25, 0.3) is 0 Å². The molecule has 2 aromatic rings. The fraction of sp³-hybridized carbons (Fsp3) is 0.167. The quantitative estimate of drug-likeness (QED) is 0.501. The van der Waals surface area contributed by atoms with Gasteiger partial charge in [-0.25, -0.2) is 13.2 Å². The van der Waals surface area contributed by atoms with Gasteiger partial charge in [0, 0.05) is 26.7 Å². The van der Waals surface area contributed by atoms with E-state index in [1.807, 2.05) is 11.4 Å². The normalized spacial score (nSPS) is 12.7. The van der Waals surface area contributed by atoms with Crippen molar-refractivity contribution in [2.24, 2.45) is 5.84 Å². The number of nitrogens with one attached hydrogen (secondary N) is 1. The topological polar surface area (TPSA) is 38.0 Å². The zero-order valence-electron chi connectivity index (χ0n) is 9.59. The Hall–Kier alpha value is -0.890. The van der Waals surface area contributed by atoms with E-state index in [1.165, 1.54) is 17.4 Å². The van der Waals surface area contributed by atoms with E-state index in [-0.39, 0.29) is 5.56 Å². The van der Waals surface area contributed by atoms with Crippen molar-refractivity contribution in [3.05, 3.63) is 55.9 Å². The second-order valence-corrected chi connectivity index (χ2v) is 5.83. The Morgan fingerprint density at radius 1 is 1.26 bits per heavy atom. The van der Waals surface area contributed by atoms with Gasteiger partial charge in [0.15, 0.2) is 17.5 Å². The van der Waals surface area contributed by atoms with Crippen LogP contribution in [0.15, 0.2) is 28.1 Å². The maximum absolute atomic E-state index is 13.7. The lowest BCUT2D eigenvalue weighted by Gasteiger charge is -2.16. The van der Waals surface area contributed by atoms with E-state index in [9.17, 15) is 13.2 Å². The first-order valence-corrected chi connectivity index (χ1v) is 7.02. The minimum atomic E-state index is -1.48. The minimum Gasteiger partial charge on any atom is -0.271 e. The fourth-order valence-electron chi connectivity index (χ4n) is 1.73. The first-order chi connectivity index (χ1) is 9.02. The lowest BCUT2D eigenvalue weighted by Crippen LogP contribution is -2.30. The largest absolute Gasteiger partial charge is 0.271 e. The Kier molecular flexibility index (Phi) is 4.62. The molecule has 1 atom stereocenters. The number of rotatable bonds is 4. The number of thiophene rings is 1. The van der Waals surface area contributed by atoms with Gasteiger partial charge in [-0.1, -0.05) is 6.07 Å². The molecule has 0 bridgehead atoms. The van der Waals surface area contributed by atoms with Gasteiger partial charge >= 0.3 is 0 Å². The lowest BCUT2D eigenvalue weighted by atomic mass is 10.0. The van der Waals surface area contributed by atoms with Gasteiger partial charge in [-0.3, -0.25) is 11.3 Å². The van der Waals surface area contributed by atoms with Crippen LogP contribution in [0.4, 0.5) is 13.2 Å². The molecule has 0 amide bonds. The number of hydrogen-bond acceptors (Lipinski definition) is 3. The number of benzene rings is 1. The van der Waals surface area contributed by atoms with Crippen molar-refractivity contribution in [1.29, 1.82) is 0 Å². The molecule has 2 nitrogen and oxygen atoms in total. The van der Waals surface area contributed by atoms with E-state index in [4.69, 9.17) is 5.84 Å². The molecule has 3 N–H and O–H groups in total. The second-order valence-electron chi connectivity index (χ2n) is 3.92. The zero-order valence-corrected chi connectivity index (χ0v) is 12.0. The molecule has 0 radical (unpaired) electrons. The van der Waals surface area contributed by atoms with Gasteiger partial charge in [-0.05, 0) is 28.1 Å². The molecule has 7 heteroatoms. The molecule has 0 spiro atoms. The summed E-state index contributed by atoms with van der Waals surface area (Å²) in [5.41, 5.74) is 2.43. The summed E-state index contributed by atoms with van der Waals surface area (Å²) in [6.07, 6.45) is 0.384. The number of hydrazine groups is 1. The number of halogens is 4. The molecule has 0 saturated heterocycles. The standard InChI is InChI=1S/C12H10BrF3N2S/c13-6-3-7(19-5-6)4-10(18-17)8-1-2-9(14)12(16)11(8)15/h1-3,5,10,18H,4,17H2. The monoisotopic (exact) mass is 350 g/mol. The van der Waals surface area contributed by atoms with Crippen molar-refractivity contribution in [1.82, 2.24) is 5.43 Å². The van der Waals surface area contributed by atoms with Crippen molar-refractivity contribution in [3.8, 4) is 0 Å². The van der Waals surface area contributed by atoms with E-state index >= 15 is 0 Å². The average molecular weight is 351 g/mol. The molecule has 1 aromatic heterocycles. The number of nitrogens with two attached hydrogens (primary N) is 1. The third-order valence-electron chi connectivity index (χ3n) is 2.67. The summed E-state index contributed by atoms with van der Waals surface area (Å²) in [5, 5.41) is 1.88. The summed E-state index contributed by atoms with van der Waals surface area (Å²) < 4.78 is 40.7. The van der Waals surface area contributed by atoms with Crippen LogP contribution in [0, 0.1) is 17.5 Å². The van der Waals surface area contributed by atoms with E-state index in [0.29, 0.717) is 6.42 Å². The van der Waals surface area contributed by atoms with Gasteiger partial charge in [0.05, 0.1) is 6.04 Å². The fourth-order valence-corrected chi connectivity index (χ4v) is 3.23. The van der Waals surface area contributed by atoms with Crippen LogP contribution in [0.3, 0.4) is 0 Å². The molecular weight excluding hydrogens is 341 g/mol. The highest BCUT2D eigenvalue weighted by Crippen LogP contribution is 2.27. The van der Waals surface area contributed by atoms with Crippen LogP contribution in [0.2, 0.25) is 0 Å². The van der Waals surface area contributed by atoms with Crippen LogP contribution in [-0.4, -0.2) is 0 Å². The van der Waals surface area contributed by atoms with Crippen LogP contribution >= 0.6 is 27.3 Å². The molecule has 1 heterocycles. The molecule has 0 aliphatic rings. The van der Waals surface area contributed by atoms with Crippen LogP contribution in [-0.2, 0) is 6.42 Å². The molecule has 2 rings (SSSR count). The molecule has 0 fully saturated rings. The van der Waals surface area contributed by atoms with Crippen molar-refractivity contribution in [2.45, 2.75) is 12.5 Å². The summed E-state index contributed by atoms with van der Waals surface area (Å²) >= 11 is 4.78. The predicted octanol–water partition coefficient (Wildman–Crippen LogP) is 3.68. The van der Waals surface area contributed by atoms with Crippen LogP contribution in [0.1, 0.15) is 16.5 Å². The van der Waals surface area contributed by atoms with Gasteiger partial charge in [0.1, 0.15) is 0 Å². The van der Waals surface area contributed by atoms with Crippen LogP contribution < -0.4 is 11.3 Å². The van der Waals surface area contributed by atoms with Crippen LogP contribution in [0.5, 0.6) is 0 Å². The van der Waals surface area contributed by atoms with E-state index in [0.717, 1.165) is 15.4 Å². The molecule has 0 aliphatic carbocycles. The maximum atomic E-state index is 13.7. The Balaban J connectivity index is 2.29. The lowest BCUT2D eigenvalue weighted by molar-refractivity contribution is 0.425. The van der Waals surface area contributed by atoms with E-state index in [2.05, 4.69) is 21.4 Å². The molecule has 102 valence electrons. The Morgan fingerprint density at radius 3 is 2.58 bits per heavy atom. The molecule has 0 aliphatic heterocycles. The smallest absolute Gasteiger partial charge is 0.194 e. The molecule has 1 aromatic carbocycles. The van der Waals surface area contributed by atoms with E-state index < -0.39 is 23.5 Å². The average Bonchev–Trinajstić information content (AvgIpc) is 2.80. The summed E-state index contributed by atoms with van der Waals surface area (Å²) in [5.74, 6) is 1.47. The number of hydrogen-bond donors (Lipinski definition) is 2. The highest BCUT2D eigenvalue weighted by atomic mass is 79.9. The first-order valence-electron chi connectivity index (χ1n) is 5.35. The Morgan fingerprint density at radius 2 is 2.00 bits per heavy atom. The first kappa shape index (κ1) is 14.5. The van der Waals surface area contributed by atoms with Crippen molar-refractivity contribution in [2.75, 3.05) is 0 Å². The Labute approximate surface area is 120 Å². The van der Waals surface area contributed by atoms with Crippen LogP contribution in [0.25, 0.3) is 0 Å². The van der Waals surface area contributed by atoms with Gasteiger partial charge < -0.3 is 0 Å². The highest BCUT2D eigenvalue weighted by Gasteiger charge is 2.20. The molecule has 1 unspecified atom stereocenters. The molecule has 19 heavy (non-hydrogen) atoms. The predicted molar refractivity (Wildman–Crippen MR) is 72.1 cm³/mol. The third-order valence-corrected chi connectivity index (χ3v) is 4.39. The summed E-state index contributed by atoms with van der Waals surface area (Å²) in [4.78, 5) is 0.943. The second kappa shape index (κ2) is 6.04. The van der Waals surface area contributed by atoms with Crippen molar-refractivity contribution >= 4 is 27.3 Å². The summed E-state index contributed by atoms with van der Waals surface area (Å²) in [6.45, 7) is 0. The van der Waals surface area contributed by atoms with Gasteiger partial charge in [-0.2, -0.15) is 0 Å². The SMILES string of the molecule is NNC(Cc1cc(Br)cs1)c1ccc(F)c(F)c1F. The van der Waals surface area contributed by atoms with Gasteiger partial charge in [0.2, 0.25) is 0 Å². The zero-order chi connectivity index (χ0) is 14.0. The van der Waals surface area contributed by atoms with Crippen molar-refractivity contribution < 1.29 is 13.2 Å². The van der Waals surface area contributed by atoms with Crippen molar-refractivity contribution in [3.63, 3.8) is 0 Å². The van der Waals surface area contributed by atoms with Gasteiger partial charge in [-0.15, -0.1) is 11.3 Å². The van der Waals surface area contributed by atoms with E-state index in [1.54, 1.807) is 0 Å². The Bertz CT molecular complexity index is 588. The minimum absolute atomic E-state index is 0.00548. The molecule has 0 saturated carbocycles. The summed E-state index contributed by atoms with van der Waals surface area (Å²) in [7, 11) is 0. The molecular formula is C12H10BrF3N2S. The maximum Gasteiger partial charge on any atom is 0.194 e. The summed E-state index contributed by atoms with van der Waals surface area (Å²) in [6, 6.07) is 3.33. The third kappa shape index (κ3) is 3.17.